The minimum atomic E-state index is -0.607. The van der Waals surface area contributed by atoms with Crippen LogP contribution in [0.1, 0.15) is 27.3 Å². The lowest BCUT2D eigenvalue weighted by Gasteiger charge is -2.09. The Hall–Kier alpha value is -2.83. The Morgan fingerprint density at radius 2 is 1.92 bits per heavy atom. The van der Waals surface area contributed by atoms with E-state index in [0.717, 1.165) is 11.1 Å². The standard InChI is InChI=1S/C17H21N3O4/c1-10-6-7-13(8-11(10)2)24-9-14(21)18-15-12(3)20(4)19-16(15)17(22)23-5/h6-8H,9H2,1-5H3,(H,18,21). The van der Waals surface area contributed by atoms with E-state index in [2.05, 4.69) is 15.2 Å². The third-order valence-electron chi connectivity index (χ3n) is 3.83. The predicted molar refractivity (Wildman–Crippen MR) is 89.3 cm³/mol. The largest absolute Gasteiger partial charge is 0.484 e. The van der Waals surface area contributed by atoms with Gasteiger partial charge in [-0.3, -0.25) is 9.48 Å². The summed E-state index contributed by atoms with van der Waals surface area (Å²) < 4.78 is 11.7. The van der Waals surface area contributed by atoms with E-state index in [4.69, 9.17) is 4.74 Å². The second-order valence-electron chi connectivity index (χ2n) is 5.51. The van der Waals surface area contributed by atoms with E-state index < -0.39 is 5.97 Å². The van der Waals surface area contributed by atoms with Gasteiger partial charge in [-0.2, -0.15) is 5.10 Å². The van der Waals surface area contributed by atoms with Crippen molar-refractivity contribution in [2.75, 3.05) is 19.0 Å². The highest BCUT2D eigenvalue weighted by molar-refractivity contribution is 6.01. The number of amides is 1. The lowest BCUT2D eigenvalue weighted by Crippen LogP contribution is -2.22. The van der Waals surface area contributed by atoms with Crippen LogP contribution in [0.4, 0.5) is 5.69 Å². The fourth-order valence-corrected chi connectivity index (χ4v) is 2.13. The lowest BCUT2D eigenvalue weighted by atomic mass is 10.1. The third kappa shape index (κ3) is 3.73. The van der Waals surface area contributed by atoms with Crippen LogP contribution < -0.4 is 10.1 Å². The Labute approximate surface area is 140 Å². The molecule has 1 aromatic heterocycles. The average molecular weight is 331 g/mol. The Kier molecular flexibility index (Phi) is 5.23. The minimum Gasteiger partial charge on any atom is -0.484 e. The summed E-state index contributed by atoms with van der Waals surface area (Å²) in [4.78, 5) is 23.9. The van der Waals surface area contributed by atoms with E-state index in [1.807, 2.05) is 32.0 Å². The number of aryl methyl sites for hydroxylation is 3. The van der Waals surface area contributed by atoms with Crippen LogP contribution in [0.5, 0.6) is 5.75 Å². The van der Waals surface area contributed by atoms with E-state index in [9.17, 15) is 9.59 Å². The van der Waals surface area contributed by atoms with Crippen molar-refractivity contribution in [1.82, 2.24) is 9.78 Å². The van der Waals surface area contributed by atoms with Crippen molar-refractivity contribution in [2.45, 2.75) is 20.8 Å². The summed E-state index contributed by atoms with van der Waals surface area (Å²) in [6, 6.07) is 5.62. The molecule has 0 aliphatic rings. The van der Waals surface area contributed by atoms with Gasteiger partial charge in [0.15, 0.2) is 12.3 Å². The number of carbonyl (C=O) groups excluding carboxylic acids is 2. The highest BCUT2D eigenvalue weighted by Gasteiger charge is 2.22. The second-order valence-corrected chi connectivity index (χ2v) is 5.51. The van der Waals surface area contributed by atoms with Crippen LogP contribution >= 0.6 is 0 Å². The highest BCUT2D eigenvalue weighted by atomic mass is 16.5. The first kappa shape index (κ1) is 17.5. The number of esters is 1. The average Bonchev–Trinajstić information content (AvgIpc) is 2.83. The van der Waals surface area contributed by atoms with Gasteiger partial charge in [0.05, 0.1) is 18.5 Å². The van der Waals surface area contributed by atoms with E-state index in [0.29, 0.717) is 17.1 Å². The predicted octanol–water partition coefficient (Wildman–Crippen LogP) is 2.15. The number of nitrogens with one attached hydrogen (secondary N) is 1. The molecule has 0 aliphatic heterocycles. The van der Waals surface area contributed by atoms with Crippen LogP contribution in [-0.2, 0) is 16.6 Å². The molecule has 128 valence electrons. The number of benzene rings is 1. The van der Waals surface area contributed by atoms with E-state index >= 15 is 0 Å². The van der Waals surface area contributed by atoms with Crippen LogP contribution in [0.25, 0.3) is 0 Å². The molecule has 0 saturated heterocycles. The number of ether oxygens (including phenoxy) is 2. The summed E-state index contributed by atoms with van der Waals surface area (Å²) in [7, 11) is 2.95. The van der Waals surface area contributed by atoms with Crippen LogP contribution in [0.2, 0.25) is 0 Å². The minimum absolute atomic E-state index is 0.0667. The van der Waals surface area contributed by atoms with Crippen LogP contribution in [0.15, 0.2) is 18.2 Å². The van der Waals surface area contributed by atoms with Crippen LogP contribution in [0.3, 0.4) is 0 Å². The molecule has 0 saturated carbocycles. The summed E-state index contributed by atoms with van der Waals surface area (Å²) >= 11 is 0. The van der Waals surface area contributed by atoms with Gasteiger partial charge in [-0.1, -0.05) is 6.07 Å². The molecule has 7 nitrogen and oxygen atoms in total. The van der Waals surface area contributed by atoms with Crippen molar-refractivity contribution >= 4 is 17.6 Å². The van der Waals surface area contributed by atoms with Crippen LogP contribution in [0, 0.1) is 20.8 Å². The monoisotopic (exact) mass is 331 g/mol. The van der Waals surface area contributed by atoms with Crippen molar-refractivity contribution in [3.63, 3.8) is 0 Å². The first-order chi connectivity index (χ1) is 11.3. The van der Waals surface area contributed by atoms with Gasteiger partial charge in [-0.05, 0) is 44.0 Å². The number of methoxy groups -OCH3 is 1. The third-order valence-corrected chi connectivity index (χ3v) is 3.83. The molecule has 0 atom stereocenters. The Bertz CT molecular complexity index is 780. The zero-order valence-corrected chi connectivity index (χ0v) is 14.5. The molecule has 1 aromatic carbocycles. The fourth-order valence-electron chi connectivity index (χ4n) is 2.13. The zero-order chi connectivity index (χ0) is 17.9. The Morgan fingerprint density at radius 1 is 1.21 bits per heavy atom. The van der Waals surface area contributed by atoms with Crippen molar-refractivity contribution in [3.05, 3.63) is 40.7 Å². The normalized spacial score (nSPS) is 10.4. The SMILES string of the molecule is COC(=O)c1nn(C)c(C)c1NC(=O)COc1ccc(C)c(C)c1. The number of carbonyl (C=O) groups is 2. The van der Waals surface area contributed by atoms with Crippen molar-refractivity contribution in [3.8, 4) is 5.75 Å². The van der Waals surface area contributed by atoms with Crippen molar-refractivity contribution in [2.24, 2.45) is 7.05 Å². The molecule has 0 fully saturated rings. The molecule has 0 aliphatic carbocycles. The molecule has 0 spiro atoms. The first-order valence-electron chi connectivity index (χ1n) is 7.45. The van der Waals surface area contributed by atoms with E-state index in [1.165, 1.54) is 11.8 Å². The zero-order valence-electron chi connectivity index (χ0n) is 14.5. The molecule has 1 heterocycles. The Morgan fingerprint density at radius 3 is 2.54 bits per heavy atom. The molecular formula is C17H21N3O4. The molecule has 0 unspecified atom stereocenters. The highest BCUT2D eigenvalue weighted by Crippen LogP contribution is 2.21. The molecule has 24 heavy (non-hydrogen) atoms. The number of hydrogen-bond donors (Lipinski definition) is 1. The van der Waals surface area contributed by atoms with Gasteiger partial charge >= 0.3 is 5.97 Å². The van der Waals surface area contributed by atoms with E-state index in [-0.39, 0.29) is 18.2 Å². The summed E-state index contributed by atoms with van der Waals surface area (Å²) in [5, 5.41) is 6.72. The quantitative estimate of drug-likeness (QED) is 0.849. The molecule has 0 bridgehead atoms. The van der Waals surface area contributed by atoms with Gasteiger partial charge in [-0.15, -0.1) is 0 Å². The fraction of sp³-hybridized carbons (Fsp3) is 0.353. The van der Waals surface area contributed by atoms with Gasteiger partial charge in [0, 0.05) is 7.05 Å². The Balaban J connectivity index is 2.07. The summed E-state index contributed by atoms with van der Waals surface area (Å²) in [6.45, 7) is 5.56. The maximum atomic E-state index is 12.1. The molecular weight excluding hydrogens is 310 g/mol. The van der Waals surface area contributed by atoms with Gasteiger partial charge in [0.1, 0.15) is 5.75 Å². The lowest BCUT2D eigenvalue weighted by molar-refractivity contribution is -0.118. The molecule has 1 amide bonds. The number of nitrogens with zero attached hydrogens (tertiary/aromatic N) is 2. The topological polar surface area (TPSA) is 82.5 Å². The van der Waals surface area contributed by atoms with Gasteiger partial charge < -0.3 is 14.8 Å². The summed E-state index contributed by atoms with van der Waals surface area (Å²) in [5.41, 5.74) is 3.29. The van der Waals surface area contributed by atoms with Gasteiger partial charge in [-0.25, -0.2) is 4.79 Å². The first-order valence-corrected chi connectivity index (χ1v) is 7.45. The number of aromatic nitrogens is 2. The van der Waals surface area contributed by atoms with Gasteiger partial charge in [0.2, 0.25) is 0 Å². The summed E-state index contributed by atoms with van der Waals surface area (Å²) in [6.07, 6.45) is 0. The molecule has 2 aromatic rings. The second kappa shape index (κ2) is 7.16. The van der Waals surface area contributed by atoms with Gasteiger partial charge in [0.25, 0.3) is 5.91 Å². The molecule has 0 radical (unpaired) electrons. The van der Waals surface area contributed by atoms with E-state index in [1.54, 1.807) is 14.0 Å². The van der Waals surface area contributed by atoms with Crippen molar-refractivity contribution in [1.29, 1.82) is 0 Å². The van der Waals surface area contributed by atoms with Crippen LogP contribution in [-0.4, -0.2) is 35.4 Å². The molecule has 1 N–H and O–H groups in total. The number of rotatable bonds is 5. The van der Waals surface area contributed by atoms with Crippen molar-refractivity contribution < 1.29 is 19.1 Å². The maximum absolute atomic E-state index is 12.1. The summed E-state index contributed by atoms with van der Waals surface area (Å²) in [5.74, 6) is -0.372. The smallest absolute Gasteiger partial charge is 0.360 e. The number of anilines is 1. The molecule has 7 heteroatoms. The molecule has 2 rings (SSSR count). The maximum Gasteiger partial charge on any atom is 0.360 e. The number of hydrogen-bond acceptors (Lipinski definition) is 5.